The number of anilines is 2. The van der Waals surface area contributed by atoms with Gasteiger partial charge in [0, 0.05) is 55.5 Å². The molecule has 30 heavy (non-hydrogen) atoms. The van der Waals surface area contributed by atoms with Crippen molar-refractivity contribution in [3.63, 3.8) is 0 Å². The number of hydrogen-bond donors (Lipinski definition) is 2. The molecule has 0 unspecified atom stereocenters. The van der Waals surface area contributed by atoms with E-state index in [9.17, 15) is 0 Å². The largest absolute Gasteiger partial charge is 0.423 e. The quantitative estimate of drug-likeness (QED) is 0.544. The molecule has 152 valence electrons. The van der Waals surface area contributed by atoms with Gasteiger partial charge in [-0.3, -0.25) is 4.98 Å². The first-order valence-corrected chi connectivity index (χ1v) is 10.5. The van der Waals surface area contributed by atoms with Gasteiger partial charge in [0.05, 0.1) is 11.9 Å². The first-order chi connectivity index (χ1) is 14.7. The van der Waals surface area contributed by atoms with Gasteiger partial charge >= 0.3 is 6.01 Å². The lowest BCUT2D eigenvalue weighted by atomic mass is 10.0. The van der Waals surface area contributed by atoms with Gasteiger partial charge in [0.1, 0.15) is 11.6 Å². The van der Waals surface area contributed by atoms with Crippen LogP contribution in [0.15, 0.2) is 42.7 Å². The highest BCUT2D eigenvalue weighted by Gasteiger charge is 2.54. The zero-order chi connectivity index (χ0) is 20.3. The Balaban J connectivity index is 1.47. The van der Waals surface area contributed by atoms with Crippen molar-refractivity contribution < 1.29 is 4.74 Å². The van der Waals surface area contributed by atoms with Crippen LogP contribution in [0.3, 0.4) is 0 Å². The summed E-state index contributed by atoms with van der Waals surface area (Å²) in [7, 11) is 1.96. The molecule has 1 aromatic carbocycles. The highest BCUT2D eigenvalue weighted by molar-refractivity contribution is 5.88. The second-order valence-corrected chi connectivity index (χ2v) is 8.55. The lowest BCUT2D eigenvalue weighted by Gasteiger charge is -2.21. The van der Waals surface area contributed by atoms with Crippen molar-refractivity contribution in [3.8, 4) is 22.9 Å². The Morgan fingerprint density at radius 3 is 2.83 bits per heavy atom. The number of ether oxygens (including phenoxy) is 1. The third-order valence-electron chi connectivity index (χ3n) is 6.75. The smallest absolute Gasteiger partial charge is 0.324 e. The molecule has 1 aliphatic heterocycles. The molecule has 1 atom stereocenters. The standard InChI is InChI=1S/C23H24N6O/c1-25-17-6-2-5-15-16(17)10-18-20(15)21(29-12-19(24)23(13-29)7-8-23)28-22(27-18)30-14-4-3-9-26-11-14/h2-6,9,11,19,25H,7-8,10,12-13,24H2,1H3/t19-/m1/s1. The summed E-state index contributed by atoms with van der Waals surface area (Å²) in [6.45, 7) is 1.77. The molecule has 1 spiro atoms. The number of nitrogens with two attached hydrogens (primary N) is 1. The normalized spacial score (nSPS) is 20.2. The topological polar surface area (TPSA) is 89.2 Å². The Kier molecular flexibility index (Phi) is 3.77. The first kappa shape index (κ1) is 17.7. The molecule has 3 aliphatic rings. The van der Waals surface area contributed by atoms with Crippen LogP contribution in [0, 0.1) is 5.41 Å². The lowest BCUT2D eigenvalue weighted by molar-refractivity contribution is 0.438. The molecule has 6 rings (SSSR count). The molecule has 7 heteroatoms. The van der Waals surface area contributed by atoms with Gasteiger partial charge in [0.2, 0.25) is 0 Å². The summed E-state index contributed by atoms with van der Waals surface area (Å²) in [4.78, 5) is 16.2. The highest BCUT2D eigenvalue weighted by Crippen LogP contribution is 2.54. The van der Waals surface area contributed by atoms with Crippen LogP contribution in [0.1, 0.15) is 24.1 Å². The Morgan fingerprint density at radius 1 is 1.20 bits per heavy atom. The van der Waals surface area contributed by atoms with Crippen molar-refractivity contribution in [2.24, 2.45) is 11.1 Å². The number of hydrogen-bond acceptors (Lipinski definition) is 7. The summed E-state index contributed by atoms with van der Waals surface area (Å²) in [6, 6.07) is 10.6. The van der Waals surface area contributed by atoms with E-state index in [2.05, 4.69) is 33.4 Å². The van der Waals surface area contributed by atoms with E-state index in [0.29, 0.717) is 11.8 Å². The van der Waals surface area contributed by atoms with Crippen molar-refractivity contribution in [2.75, 3.05) is 30.4 Å². The summed E-state index contributed by atoms with van der Waals surface area (Å²) >= 11 is 0. The third-order valence-corrected chi connectivity index (χ3v) is 6.75. The maximum Gasteiger partial charge on any atom is 0.324 e. The second-order valence-electron chi connectivity index (χ2n) is 8.55. The van der Waals surface area contributed by atoms with Crippen LogP contribution in [-0.2, 0) is 6.42 Å². The Bertz CT molecular complexity index is 1130. The molecule has 3 heterocycles. The molecule has 1 saturated carbocycles. The molecular formula is C23H24N6O. The first-order valence-electron chi connectivity index (χ1n) is 10.5. The summed E-state index contributed by atoms with van der Waals surface area (Å²) in [5.41, 5.74) is 12.5. The van der Waals surface area contributed by atoms with Crippen molar-refractivity contribution >= 4 is 11.5 Å². The SMILES string of the molecule is CNc1cccc2c1Cc1nc(Oc3cccnc3)nc(N3C[C@@H](N)C4(CC4)C3)c1-2. The van der Waals surface area contributed by atoms with E-state index in [0.717, 1.165) is 42.3 Å². The van der Waals surface area contributed by atoms with Gasteiger partial charge < -0.3 is 20.7 Å². The number of nitrogens with one attached hydrogen (secondary N) is 1. The molecule has 7 nitrogen and oxygen atoms in total. The molecule has 2 fully saturated rings. The zero-order valence-corrected chi connectivity index (χ0v) is 16.9. The summed E-state index contributed by atoms with van der Waals surface area (Å²) in [5.74, 6) is 1.57. The van der Waals surface area contributed by atoms with Gasteiger partial charge in [-0.15, -0.1) is 0 Å². The van der Waals surface area contributed by atoms with Crippen LogP contribution in [0.25, 0.3) is 11.1 Å². The van der Waals surface area contributed by atoms with E-state index >= 15 is 0 Å². The molecule has 1 saturated heterocycles. The van der Waals surface area contributed by atoms with Crippen molar-refractivity contribution in [1.82, 2.24) is 15.0 Å². The minimum atomic E-state index is 0.190. The van der Waals surface area contributed by atoms with E-state index in [1.165, 1.54) is 24.0 Å². The fourth-order valence-corrected chi connectivity index (χ4v) is 4.92. The number of fused-ring (bicyclic) bond motifs is 3. The molecule has 2 aliphatic carbocycles. The van der Waals surface area contributed by atoms with Crippen molar-refractivity contribution in [3.05, 3.63) is 54.0 Å². The van der Waals surface area contributed by atoms with Gasteiger partial charge in [-0.25, -0.2) is 0 Å². The summed E-state index contributed by atoms with van der Waals surface area (Å²) in [5, 5.41) is 3.31. The maximum atomic E-state index is 6.52. The van der Waals surface area contributed by atoms with Crippen LogP contribution in [0.4, 0.5) is 11.5 Å². The second kappa shape index (κ2) is 6.40. The minimum Gasteiger partial charge on any atom is -0.423 e. The van der Waals surface area contributed by atoms with Crippen LogP contribution < -0.4 is 20.7 Å². The number of rotatable bonds is 4. The Morgan fingerprint density at radius 2 is 2.10 bits per heavy atom. The number of pyridine rings is 1. The van der Waals surface area contributed by atoms with E-state index in [4.69, 9.17) is 20.4 Å². The summed E-state index contributed by atoms with van der Waals surface area (Å²) < 4.78 is 6.00. The molecule has 0 bridgehead atoms. The number of benzene rings is 1. The van der Waals surface area contributed by atoms with E-state index < -0.39 is 0 Å². The van der Waals surface area contributed by atoms with Gasteiger partial charge in [-0.1, -0.05) is 12.1 Å². The number of aromatic nitrogens is 3. The van der Waals surface area contributed by atoms with E-state index in [1.54, 1.807) is 12.4 Å². The Labute approximate surface area is 175 Å². The average molecular weight is 400 g/mol. The lowest BCUT2D eigenvalue weighted by Crippen LogP contribution is -2.30. The monoisotopic (exact) mass is 400 g/mol. The van der Waals surface area contributed by atoms with Crippen molar-refractivity contribution in [1.29, 1.82) is 0 Å². The third kappa shape index (κ3) is 2.65. The predicted molar refractivity (Wildman–Crippen MR) is 116 cm³/mol. The van der Waals surface area contributed by atoms with Crippen LogP contribution in [0.5, 0.6) is 11.8 Å². The number of nitrogens with zero attached hydrogens (tertiary/aromatic N) is 4. The zero-order valence-electron chi connectivity index (χ0n) is 16.9. The fraction of sp³-hybridized carbons (Fsp3) is 0.348. The van der Waals surface area contributed by atoms with Gasteiger partial charge in [-0.2, -0.15) is 9.97 Å². The van der Waals surface area contributed by atoms with Crippen LogP contribution in [0.2, 0.25) is 0 Å². The van der Waals surface area contributed by atoms with Gasteiger partial charge in [-0.05, 0) is 42.2 Å². The molecular weight excluding hydrogens is 376 g/mol. The molecule has 0 radical (unpaired) electrons. The van der Waals surface area contributed by atoms with Crippen LogP contribution in [-0.4, -0.2) is 41.1 Å². The Hall–Kier alpha value is -3.19. The van der Waals surface area contributed by atoms with E-state index in [-0.39, 0.29) is 11.5 Å². The van der Waals surface area contributed by atoms with Crippen molar-refractivity contribution in [2.45, 2.75) is 25.3 Å². The predicted octanol–water partition coefficient (Wildman–Crippen LogP) is 3.20. The summed E-state index contributed by atoms with van der Waals surface area (Å²) in [6.07, 6.45) is 6.56. The van der Waals surface area contributed by atoms with Gasteiger partial charge in [0.15, 0.2) is 0 Å². The van der Waals surface area contributed by atoms with Gasteiger partial charge in [0.25, 0.3) is 0 Å². The fourth-order valence-electron chi connectivity index (χ4n) is 4.92. The van der Waals surface area contributed by atoms with E-state index in [1.807, 2.05) is 19.2 Å². The minimum absolute atomic E-state index is 0.190. The highest BCUT2D eigenvalue weighted by atomic mass is 16.5. The molecule has 3 N–H and O–H groups in total. The van der Waals surface area contributed by atoms with Crippen LogP contribution >= 0.6 is 0 Å². The molecule has 0 amide bonds. The maximum absolute atomic E-state index is 6.52. The average Bonchev–Trinajstić information content (AvgIpc) is 3.34. The molecule has 2 aromatic heterocycles. The molecule has 3 aromatic rings.